The Kier molecular flexibility index (Phi) is 4.00. The highest BCUT2D eigenvalue weighted by Gasteiger charge is 2.49. The SMILES string of the molecule is CCc1c2c(nc3ccc(O)cc13)-c1cc3c(c(=O)n1C2)COC(=O)C3(CC)OO. The van der Waals surface area contributed by atoms with Crippen molar-refractivity contribution in [3.8, 4) is 17.1 Å². The molecule has 0 radical (unpaired) electrons. The number of ether oxygens (including phenoxy) is 1. The van der Waals surface area contributed by atoms with Crippen LogP contribution in [0, 0.1) is 0 Å². The molecule has 0 saturated carbocycles. The average molecular weight is 408 g/mol. The largest absolute Gasteiger partial charge is 0.508 e. The smallest absolute Gasteiger partial charge is 0.346 e. The molecular formula is C22H20N2O6. The number of fused-ring (bicyclic) bond motifs is 5. The summed E-state index contributed by atoms with van der Waals surface area (Å²) in [7, 11) is 0. The summed E-state index contributed by atoms with van der Waals surface area (Å²) in [5.74, 6) is -0.565. The fourth-order valence-corrected chi connectivity index (χ4v) is 4.69. The number of cyclic esters (lactones) is 1. The molecule has 0 saturated heterocycles. The second-order valence-electron chi connectivity index (χ2n) is 7.63. The number of carbonyl (C=O) groups excluding carboxylic acids is 1. The number of aromatic nitrogens is 2. The summed E-state index contributed by atoms with van der Waals surface area (Å²) in [5, 5.41) is 20.4. The van der Waals surface area contributed by atoms with Gasteiger partial charge in [-0.25, -0.2) is 14.7 Å². The molecule has 0 amide bonds. The lowest BCUT2D eigenvalue weighted by Gasteiger charge is -2.33. The first-order valence-corrected chi connectivity index (χ1v) is 9.87. The summed E-state index contributed by atoms with van der Waals surface area (Å²) in [6, 6.07) is 6.72. The van der Waals surface area contributed by atoms with Crippen LogP contribution in [0.4, 0.5) is 0 Å². The number of nitrogens with zero attached hydrogens (tertiary/aromatic N) is 2. The van der Waals surface area contributed by atoms with Crippen LogP contribution in [0.5, 0.6) is 5.75 Å². The van der Waals surface area contributed by atoms with E-state index < -0.39 is 11.6 Å². The zero-order chi connectivity index (χ0) is 21.2. The highest BCUT2D eigenvalue weighted by molar-refractivity contribution is 5.89. The molecule has 2 aliphatic heterocycles. The van der Waals surface area contributed by atoms with Gasteiger partial charge in [0.1, 0.15) is 12.4 Å². The van der Waals surface area contributed by atoms with Crippen LogP contribution >= 0.6 is 0 Å². The predicted octanol–water partition coefficient (Wildman–Crippen LogP) is 2.84. The topological polar surface area (TPSA) is 111 Å². The number of rotatable bonds is 3. The van der Waals surface area contributed by atoms with Crippen LogP contribution in [0.3, 0.4) is 0 Å². The van der Waals surface area contributed by atoms with E-state index in [4.69, 9.17) is 9.72 Å². The summed E-state index contributed by atoms with van der Waals surface area (Å²) in [5.41, 5.74) is 2.45. The van der Waals surface area contributed by atoms with Crippen LogP contribution < -0.4 is 5.56 Å². The van der Waals surface area contributed by atoms with Gasteiger partial charge in [0.05, 0.1) is 29.0 Å². The molecule has 8 nitrogen and oxygen atoms in total. The van der Waals surface area contributed by atoms with Crippen LogP contribution in [0.1, 0.15) is 42.5 Å². The Morgan fingerprint density at radius 2 is 2.03 bits per heavy atom. The standard InChI is InChI=1S/C22H20N2O6/c1-3-12-13-7-11(25)5-6-17(13)23-19-14(12)9-24-18(19)8-16-15(20(24)26)10-29-21(27)22(16,4-2)30-28/h5-8,25,28H,3-4,9-10H2,1-2H3. The lowest BCUT2D eigenvalue weighted by molar-refractivity contribution is -0.327. The van der Waals surface area contributed by atoms with Crippen molar-refractivity contribution < 1.29 is 24.8 Å². The van der Waals surface area contributed by atoms with Gasteiger partial charge in [-0.2, -0.15) is 0 Å². The Labute approximate surface area is 171 Å². The lowest BCUT2D eigenvalue weighted by Crippen LogP contribution is -2.45. The van der Waals surface area contributed by atoms with Gasteiger partial charge in [-0.3, -0.25) is 10.1 Å². The van der Waals surface area contributed by atoms with Gasteiger partial charge in [0, 0.05) is 16.5 Å². The second kappa shape index (κ2) is 6.38. The van der Waals surface area contributed by atoms with Crippen molar-refractivity contribution in [2.24, 2.45) is 0 Å². The molecule has 0 bridgehead atoms. The van der Waals surface area contributed by atoms with Crippen molar-refractivity contribution >= 4 is 16.9 Å². The Morgan fingerprint density at radius 3 is 2.73 bits per heavy atom. The van der Waals surface area contributed by atoms with Crippen molar-refractivity contribution in [3.63, 3.8) is 0 Å². The molecular weight excluding hydrogens is 388 g/mol. The molecule has 2 aliphatic rings. The third-order valence-electron chi connectivity index (χ3n) is 6.27. The van der Waals surface area contributed by atoms with E-state index in [0.29, 0.717) is 41.0 Å². The minimum Gasteiger partial charge on any atom is -0.508 e. The van der Waals surface area contributed by atoms with E-state index in [2.05, 4.69) is 4.89 Å². The maximum atomic E-state index is 13.3. The third kappa shape index (κ3) is 2.26. The highest BCUT2D eigenvalue weighted by atomic mass is 17.1. The summed E-state index contributed by atoms with van der Waals surface area (Å²) < 4.78 is 6.78. The quantitative estimate of drug-likeness (QED) is 0.305. The normalized spacial score (nSPS) is 19.4. The first-order chi connectivity index (χ1) is 14.4. The molecule has 8 heteroatoms. The van der Waals surface area contributed by atoms with Gasteiger partial charge in [-0.15, -0.1) is 0 Å². The average Bonchev–Trinajstić information content (AvgIpc) is 3.11. The zero-order valence-corrected chi connectivity index (χ0v) is 16.6. The Balaban J connectivity index is 1.84. The van der Waals surface area contributed by atoms with Gasteiger partial charge in [0.25, 0.3) is 5.56 Å². The van der Waals surface area contributed by atoms with E-state index in [1.165, 1.54) is 0 Å². The molecule has 2 N–H and O–H groups in total. The van der Waals surface area contributed by atoms with Crippen LogP contribution in [-0.4, -0.2) is 25.9 Å². The lowest BCUT2D eigenvalue weighted by atomic mass is 9.86. The number of aryl methyl sites for hydroxylation is 1. The first kappa shape index (κ1) is 18.8. The number of phenolic OH excluding ortho intramolecular Hbond substituents is 1. The number of phenols is 1. The fourth-order valence-electron chi connectivity index (χ4n) is 4.69. The summed E-state index contributed by atoms with van der Waals surface area (Å²) >= 11 is 0. The van der Waals surface area contributed by atoms with Crippen LogP contribution in [0.25, 0.3) is 22.3 Å². The molecule has 30 heavy (non-hydrogen) atoms. The molecule has 1 atom stereocenters. The number of benzene rings is 1. The number of hydrogen-bond acceptors (Lipinski definition) is 7. The maximum Gasteiger partial charge on any atom is 0.346 e. The minimum absolute atomic E-state index is 0.107. The Morgan fingerprint density at radius 1 is 1.23 bits per heavy atom. The minimum atomic E-state index is -1.73. The van der Waals surface area contributed by atoms with Crippen molar-refractivity contribution in [2.75, 3.05) is 0 Å². The first-order valence-electron chi connectivity index (χ1n) is 9.87. The number of esters is 1. The van der Waals surface area contributed by atoms with Crippen molar-refractivity contribution in [1.29, 1.82) is 0 Å². The molecule has 1 aromatic carbocycles. The van der Waals surface area contributed by atoms with Crippen LogP contribution in [-0.2, 0) is 39.6 Å². The predicted molar refractivity (Wildman–Crippen MR) is 107 cm³/mol. The maximum absolute atomic E-state index is 13.3. The number of aromatic hydroxyl groups is 1. The van der Waals surface area contributed by atoms with Gasteiger partial charge in [0.15, 0.2) is 0 Å². The Hall–Kier alpha value is -3.23. The summed E-state index contributed by atoms with van der Waals surface area (Å²) in [6.07, 6.45) is 0.809. The van der Waals surface area contributed by atoms with Gasteiger partial charge < -0.3 is 14.4 Å². The zero-order valence-electron chi connectivity index (χ0n) is 16.6. The van der Waals surface area contributed by atoms with Crippen molar-refractivity contribution in [2.45, 2.75) is 45.4 Å². The monoisotopic (exact) mass is 408 g/mol. The molecule has 0 aliphatic carbocycles. The molecule has 0 spiro atoms. The number of carbonyl (C=O) groups is 1. The van der Waals surface area contributed by atoms with Crippen LogP contribution in [0.15, 0.2) is 29.1 Å². The van der Waals surface area contributed by atoms with E-state index in [-0.39, 0.29) is 24.3 Å². The third-order valence-corrected chi connectivity index (χ3v) is 6.27. The van der Waals surface area contributed by atoms with Crippen molar-refractivity contribution in [1.82, 2.24) is 9.55 Å². The molecule has 4 heterocycles. The molecule has 5 rings (SSSR count). The van der Waals surface area contributed by atoms with Gasteiger partial charge in [0.2, 0.25) is 5.60 Å². The van der Waals surface area contributed by atoms with Crippen LogP contribution in [0.2, 0.25) is 0 Å². The van der Waals surface area contributed by atoms with E-state index in [1.807, 2.05) is 6.92 Å². The van der Waals surface area contributed by atoms with E-state index in [9.17, 15) is 20.0 Å². The van der Waals surface area contributed by atoms with Gasteiger partial charge in [-0.1, -0.05) is 13.8 Å². The Bertz CT molecular complexity index is 1290. The van der Waals surface area contributed by atoms with E-state index >= 15 is 0 Å². The highest BCUT2D eigenvalue weighted by Crippen LogP contribution is 2.41. The van der Waals surface area contributed by atoms with E-state index in [1.54, 1.807) is 35.8 Å². The van der Waals surface area contributed by atoms with Crippen molar-refractivity contribution in [3.05, 3.63) is 56.9 Å². The van der Waals surface area contributed by atoms with Gasteiger partial charge >= 0.3 is 5.97 Å². The summed E-state index contributed by atoms with van der Waals surface area (Å²) in [6.45, 7) is 3.87. The fraction of sp³-hybridized carbons (Fsp3) is 0.318. The summed E-state index contributed by atoms with van der Waals surface area (Å²) in [4.78, 5) is 35.2. The molecule has 3 aromatic rings. The van der Waals surface area contributed by atoms with Gasteiger partial charge in [-0.05, 0) is 42.7 Å². The number of hydrogen-bond donors (Lipinski definition) is 2. The molecule has 154 valence electrons. The molecule has 0 fully saturated rings. The number of pyridine rings is 2. The second-order valence-corrected chi connectivity index (χ2v) is 7.63. The molecule has 1 unspecified atom stereocenters. The molecule has 2 aromatic heterocycles. The van der Waals surface area contributed by atoms with E-state index in [0.717, 1.165) is 16.5 Å².